The average molecular weight is 1460 g/mol. The van der Waals surface area contributed by atoms with Crippen LogP contribution in [0, 0.1) is 0 Å². The summed E-state index contributed by atoms with van der Waals surface area (Å²) in [6.45, 7) is 18.4. The molecule has 0 atom stereocenters. The Morgan fingerprint density at radius 1 is 0.386 bits per heavy atom. The number of hydrogen-bond donors (Lipinski definition) is 0. The van der Waals surface area contributed by atoms with E-state index in [9.17, 15) is 23.6 Å². The largest absolute Gasteiger partial charge is 0.255 e. The Morgan fingerprint density at radius 3 is 0.943 bits per heavy atom. The molecule has 0 aliphatic heterocycles. The van der Waals surface area contributed by atoms with E-state index in [0.29, 0.717) is 57.8 Å². The van der Waals surface area contributed by atoms with E-state index < -0.39 is 25.5 Å². The summed E-state index contributed by atoms with van der Waals surface area (Å²) in [6, 6.07) is 18.9. The molecule has 0 spiro atoms. The van der Waals surface area contributed by atoms with Crippen LogP contribution in [0.15, 0.2) is 121 Å². The summed E-state index contributed by atoms with van der Waals surface area (Å²) in [5.74, 6) is 1.06. The predicted molar refractivity (Wildman–Crippen MR) is 380 cm³/mol. The van der Waals surface area contributed by atoms with Crippen LogP contribution in [0.5, 0.6) is 0 Å². The summed E-state index contributed by atoms with van der Waals surface area (Å²) in [5.41, 5.74) is 4.01. The van der Waals surface area contributed by atoms with Gasteiger partial charge in [0.1, 0.15) is 11.5 Å². The molecule has 0 fully saturated rings. The molecule has 0 saturated carbocycles. The van der Waals surface area contributed by atoms with Crippen LogP contribution in [0.4, 0.5) is 4.39 Å². The maximum absolute atomic E-state index is 13.8. The first-order valence-corrected chi connectivity index (χ1v) is 43.3. The van der Waals surface area contributed by atoms with Gasteiger partial charge in [-0.25, -0.2) is 0 Å². The number of hydrogen-bond acceptors (Lipinski definition) is 7. The van der Waals surface area contributed by atoms with Gasteiger partial charge in [-0.15, -0.1) is 0 Å². The zero-order valence-corrected chi connectivity index (χ0v) is 61.2. The zero-order valence-electron chi connectivity index (χ0n) is 56.2. The number of aromatic nitrogens is 4. The van der Waals surface area contributed by atoms with Crippen molar-refractivity contribution in [1.29, 1.82) is 0 Å². The van der Waals surface area contributed by atoms with Crippen molar-refractivity contribution in [2.24, 2.45) is 0 Å². The van der Waals surface area contributed by atoms with Crippen LogP contribution in [0.2, 0.25) is 13.3 Å². The van der Waals surface area contributed by atoms with Gasteiger partial charge in [-0.05, 0) is 106 Å². The molecule has 88 heavy (non-hydrogen) atoms. The van der Waals surface area contributed by atoms with E-state index in [1.807, 2.05) is 60.9 Å². The molecule has 0 unspecified atom stereocenters. The SMILES string of the molecule is CCCCCCCCn1c(=O)c(-c2ccco2)cc2c1cc(-c1ccco1)c(=O)n2CCCCCCCC.CCCCCCCCn1c(=O)c(Br)cc2c1cc(Br)c(=O)n2CCCCCCCC.CCC[CH2][Sn]([CH2]CCC)([CH2]CCC)[c]1ccco1.[2H]CF. The van der Waals surface area contributed by atoms with Gasteiger partial charge in [-0.2, -0.15) is 0 Å². The van der Waals surface area contributed by atoms with E-state index in [1.165, 1.54) is 158 Å². The second-order valence-electron chi connectivity index (χ2n) is 24.1. The summed E-state index contributed by atoms with van der Waals surface area (Å²) < 4.78 is 47.0. The molecule has 0 N–H and O–H groups in total. The van der Waals surface area contributed by atoms with Gasteiger partial charge in [0.2, 0.25) is 0 Å². The second-order valence-corrected chi connectivity index (χ2v) is 38.8. The van der Waals surface area contributed by atoms with E-state index in [1.54, 1.807) is 24.7 Å². The van der Waals surface area contributed by atoms with Crippen molar-refractivity contribution in [3.63, 3.8) is 0 Å². The van der Waals surface area contributed by atoms with Gasteiger partial charge >= 0.3 is 118 Å². The third-order valence-corrected chi connectivity index (χ3v) is 33.4. The number of nitrogens with zero attached hydrogens (tertiary/aromatic N) is 4. The number of halogens is 3. The van der Waals surface area contributed by atoms with E-state index in [0.717, 1.165) is 73.4 Å². The summed E-state index contributed by atoms with van der Waals surface area (Å²) in [7, 11) is -1.00. The Hall–Kier alpha value is -4.15. The van der Waals surface area contributed by atoms with Crippen LogP contribution in [-0.2, 0) is 26.2 Å². The topological polar surface area (TPSA) is 127 Å². The Kier molecular flexibility index (Phi) is 37.6. The number of furan rings is 3. The van der Waals surface area contributed by atoms with E-state index in [2.05, 4.69) is 92.5 Å². The maximum atomic E-state index is 13.8. The van der Waals surface area contributed by atoms with Crippen LogP contribution in [0.1, 0.15) is 242 Å². The van der Waals surface area contributed by atoms with Crippen molar-refractivity contribution in [2.45, 2.75) is 281 Å². The van der Waals surface area contributed by atoms with Crippen molar-refractivity contribution in [2.75, 3.05) is 7.15 Å². The molecule has 7 heterocycles. The normalized spacial score (nSPS) is 11.5. The monoisotopic (exact) mass is 1450 g/mol. The molecular formula is C73H111Br2FN4O7Sn. The van der Waals surface area contributed by atoms with Crippen molar-refractivity contribution >= 4 is 76.1 Å². The number of aryl methyl sites for hydroxylation is 4. The standard InChI is InChI=1S/C32H42N2O4.C24H36Br2N2O2.C4H3O.3C4H9.CH3F.Sn/c1-3-5-7-9-11-13-19-33-27-23-26(30-18-16-22-38-30)32(36)34(20-14-12-10-8-6-4-2)28(27)24-25(31(33)35)29-17-15-21-37-29;1-3-5-7-9-11-13-15-27-21-17-20(26)24(30)28(16-14-12-10-8-6-4-2)22(21)18-19(25)23(27)29;1-2-4-5-3-1;3*1-3-4-2;1-2;/h15-18,21-24H,3-14,19-20H2,1-2H3;17-18H,3-16H2,1-2H3;1-3H;3*1,3-4H2,2H3;1H3;/i;;;;;;1D;. The molecule has 7 aromatic heterocycles. The molecule has 7 aromatic rings. The first-order valence-electron chi connectivity index (χ1n) is 35.0. The molecule has 0 radical (unpaired) electrons. The molecule has 0 amide bonds. The molecule has 0 saturated heterocycles. The smallest absolute Gasteiger partial charge is 0.0785 e. The Morgan fingerprint density at radius 2 is 0.659 bits per heavy atom. The second kappa shape index (κ2) is 44.4. The van der Waals surface area contributed by atoms with Crippen LogP contribution in [0.3, 0.4) is 0 Å². The number of rotatable bonds is 40. The first-order chi connectivity index (χ1) is 43.4. The summed E-state index contributed by atoms with van der Waals surface area (Å²) >= 11 is 4.68. The van der Waals surface area contributed by atoms with E-state index in [4.69, 9.17) is 14.6 Å². The van der Waals surface area contributed by atoms with Crippen molar-refractivity contribution in [3.8, 4) is 22.6 Å². The van der Waals surface area contributed by atoms with Crippen molar-refractivity contribution < 1.29 is 19.0 Å². The maximum Gasteiger partial charge on any atom is 0.0785 e. The molecule has 15 heteroatoms. The van der Waals surface area contributed by atoms with Crippen molar-refractivity contribution in [3.05, 3.63) is 130 Å². The summed E-state index contributed by atoms with van der Waals surface area (Å²) in [6.07, 6.45) is 41.1. The molecule has 490 valence electrons. The van der Waals surface area contributed by atoms with Gasteiger partial charge < -0.3 is 27.1 Å². The zero-order chi connectivity index (χ0) is 64.7. The molecule has 0 aromatic carbocycles. The fraction of sp³-hybridized carbons (Fsp3) is 0.616. The van der Waals surface area contributed by atoms with Gasteiger partial charge in [0, 0.05) is 26.2 Å². The Labute approximate surface area is 549 Å². The van der Waals surface area contributed by atoms with E-state index >= 15 is 0 Å². The number of pyridine rings is 4. The van der Waals surface area contributed by atoms with Crippen LogP contribution < -0.4 is 26.0 Å². The van der Waals surface area contributed by atoms with Crippen molar-refractivity contribution in [1.82, 2.24) is 18.3 Å². The van der Waals surface area contributed by atoms with Gasteiger partial charge in [0.25, 0.3) is 22.2 Å². The third-order valence-electron chi connectivity index (χ3n) is 17.2. The first kappa shape index (κ1) is 74.6. The average Bonchev–Trinajstić information content (AvgIpc) is 1.63. The minimum atomic E-state index is -2.20. The Balaban J connectivity index is 0.000000296. The van der Waals surface area contributed by atoms with Gasteiger partial charge in [0.15, 0.2) is 0 Å². The molecule has 0 aliphatic carbocycles. The summed E-state index contributed by atoms with van der Waals surface area (Å²) in [5, 5.41) is 0. The van der Waals surface area contributed by atoms with Crippen LogP contribution >= 0.6 is 31.9 Å². The number of alkyl halides is 1. The molecule has 0 bridgehead atoms. The Bertz CT molecular complexity index is 3040. The van der Waals surface area contributed by atoms with Crippen LogP contribution in [-0.4, -0.2) is 43.8 Å². The van der Waals surface area contributed by atoms with Crippen LogP contribution in [0.25, 0.3) is 44.7 Å². The fourth-order valence-electron chi connectivity index (χ4n) is 12.1. The minimum absolute atomic E-state index is 0.0206. The predicted octanol–water partition coefficient (Wildman–Crippen LogP) is 21.7. The molecule has 7 rings (SSSR count). The number of fused-ring (bicyclic) bond motifs is 2. The molecule has 0 aliphatic rings. The minimum Gasteiger partial charge on any atom is -0.255 e. The summed E-state index contributed by atoms with van der Waals surface area (Å²) in [4.78, 5) is 53.3. The number of unbranched alkanes of at least 4 members (excludes halogenated alkanes) is 23. The van der Waals surface area contributed by atoms with E-state index in [-0.39, 0.29) is 22.2 Å². The molecule has 11 nitrogen and oxygen atoms in total. The van der Waals surface area contributed by atoms with Gasteiger partial charge in [-0.3, -0.25) is 23.6 Å². The molecular weight excluding hydrogens is 1340 g/mol. The third kappa shape index (κ3) is 23.8. The quantitative estimate of drug-likeness (QED) is 0.0276. The fourth-order valence-corrected chi connectivity index (χ4v) is 28.2. The van der Waals surface area contributed by atoms with Gasteiger partial charge in [-0.1, -0.05) is 156 Å². The van der Waals surface area contributed by atoms with Gasteiger partial charge in [0.05, 0.1) is 63.2 Å².